The molecule has 1 heterocycles. The minimum atomic E-state index is 0.296. The molecule has 16 heavy (non-hydrogen) atoms. The smallest absolute Gasteiger partial charge is 0.0616 e. The molecular weight excluding hydrogens is 198 g/mol. The molecule has 2 atom stereocenters. The number of rotatable bonds is 8. The van der Waals surface area contributed by atoms with Crippen LogP contribution in [0, 0.1) is 5.41 Å². The minimum absolute atomic E-state index is 0.296. The molecule has 2 heteroatoms. The maximum Gasteiger partial charge on any atom is 0.0616 e. The van der Waals surface area contributed by atoms with Gasteiger partial charge in [-0.25, -0.2) is 0 Å². The molecule has 1 aliphatic heterocycles. The number of hydrogen-bond donors (Lipinski definition) is 1. The molecule has 0 aromatic carbocycles. The van der Waals surface area contributed by atoms with Crippen LogP contribution in [0.2, 0.25) is 0 Å². The van der Waals surface area contributed by atoms with Crippen LogP contribution < -0.4 is 5.73 Å². The second kappa shape index (κ2) is 7.29. The van der Waals surface area contributed by atoms with Crippen LogP contribution in [0.4, 0.5) is 0 Å². The molecule has 0 saturated carbocycles. The van der Waals surface area contributed by atoms with Gasteiger partial charge in [-0.3, -0.25) is 0 Å². The highest BCUT2D eigenvalue weighted by Crippen LogP contribution is 2.38. The van der Waals surface area contributed by atoms with Crippen molar-refractivity contribution in [1.82, 2.24) is 0 Å². The average molecular weight is 227 g/mol. The van der Waals surface area contributed by atoms with E-state index in [1.807, 2.05) is 0 Å². The van der Waals surface area contributed by atoms with E-state index >= 15 is 0 Å². The van der Waals surface area contributed by atoms with Gasteiger partial charge in [-0.1, -0.05) is 45.4 Å². The van der Waals surface area contributed by atoms with Crippen molar-refractivity contribution in [2.24, 2.45) is 11.1 Å². The highest BCUT2D eigenvalue weighted by atomic mass is 16.5. The van der Waals surface area contributed by atoms with Gasteiger partial charge in [0.25, 0.3) is 0 Å². The Kier molecular flexibility index (Phi) is 6.37. The van der Waals surface area contributed by atoms with E-state index in [-0.39, 0.29) is 0 Å². The lowest BCUT2D eigenvalue weighted by Gasteiger charge is -2.30. The SMILES string of the molecule is CCCCCCCCC1(CN)CCOC1C. The summed E-state index contributed by atoms with van der Waals surface area (Å²) in [6.45, 7) is 6.16. The molecule has 0 aliphatic carbocycles. The molecule has 96 valence electrons. The Morgan fingerprint density at radius 1 is 1.19 bits per heavy atom. The first-order valence-electron chi connectivity index (χ1n) is 7.07. The topological polar surface area (TPSA) is 35.2 Å². The highest BCUT2D eigenvalue weighted by Gasteiger charge is 2.39. The van der Waals surface area contributed by atoms with Crippen molar-refractivity contribution < 1.29 is 4.74 Å². The van der Waals surface area contributed by atoms with Gasteiger partial charge in [0.15, 0.2) is 0 Å². The zero-order valence-electron chi connectivity index (χ0n) is 11.1. The lowest BCUT2D eigenvalue weighted by molar-refractivity contribution is 0.0616. The van der Waals surface area contributed by atoms with Gasteiger partial charge < -0.3 is 10.5 Å². The summed E-state index contributed by atoms with van der Waals surface area (Å²) in [5, 5.41) is 0. The van der Waals surface area contributed by atoms with E-state index in [1.165, 1.54) is 51.4 Å². The largest absolute Gasteiger partial charge is 0.378 e. The van der Waals surface area contributed by atoms with Crippen LogP contribution in [-0.4, -0.2) is 19.3 Å². The van der Waals surface area contributed by atoms with Gasteiger partial charge in [-0.2, -0.15) is 0 Å². The summed E-state index contributed by atoms with van der Waals surface area (Å²) in [5.74, 6) is 0. The zero-order chi connectivity index (χ0) is 11.9. The van der Waals surface area contributed by atoms with Crippen molar-refractivity contribution in [3.63, 3.8) is 0 Å². The first kappa shape index (κ1) is 14.0. The monoisotopic (exact) mass is 227 g/mol. The van der Waals surface area contributed by atoms with Crippen LogP contribution >= 0.6 is 0 Å². The van der Waals surface area contributed by atoms with Crippen LogP contribution in [-0.2, 0) is 4.74 Å². The van der Waals surface area contributed by atoms with Crippen molar-refractivity contribution in [3.05, 3.63) is 0 Å². The first-order chi connectivity index (χ1) is 7.75. The van der Waals surface area contributed by atoms with Gasteiger partial charge in [0.05, 0.1) is 6.10 Å². The van der Waals surface area contributed by atoms with Gasteiger partial charge in [0.2, 0.25) is 0 Å². The molecule has 2 N–H and O–H groups in total. The molecule has 1 rings (SSSR count). The quantitative estimate of drug-likeness (QED) is 0.644. The fraction of sp³-hybridized carbons (Fsp3) is 1.00. The Balaban J connectivity index is 2.14. The van der Waals surface area contributed by atoms with Gasteiger partial charge in [-0.05, 0) is 19.8 Å². The van der Waals surface area contributed by atoms with E-state index in [9.17, 15) is 0 Å². The van der Waals surface area contributed by atoms with E-state index in [4.69, 9.17) is 10.5 Å². The summed E-state index contributed by atoms with van der Waals surface area (Å²) in [7, 11) is 0. The van der Waals surface area contributed by atoms with Crippen LogP contribution in [0.5, 0.6) is 0 Å². The molecule has 0 bridgehead atoms. The summed E-state index contributed by atoms with van der Waals surface area (Å²) >= 11 is 0. The molecule has 1 fully saturated rings. The number of nitrogens with two attached hydrogens (primary N) is 1. The second-order valence-electron chi connectivity index (χ2n) is 5.35. The third kappa shape index (κ3) is 3.74. The van der Waals surface area contributed by atoms with Gasteiger partial charge in [0, 0.05) is 18.6 Å². The fourth-order valence-electron chi connectivity index (χ4n) is 2.77. The molecule has 0 amide bonds. The zero-order valence-corrected chi connectivity index (χ0v) is 11.1. The van der Waals surface area contributed by atoms with Crippen LogP contribution in [0.1, 0.15) is 65.2 Å². The van der Waals surface area contributed by atoms with Crippen molar-refractivity contribution in [1.29, 1.82) is 0 Å². The molecule has 0 aromatic rings. The third-order valence-corrected chi connectivity index (χ3v) is 4.26. The fourth-order valence-corrected chi connectivity index (χ4v) is 2.77. The van der Waals surface area contributed by atoms with E-state index < -0.39 is 0 Å². The van der Waals surface area contributed by atoms with Gasteiger partial charge >= 0.3 is 0 Å². The predicted octanol–water partition coefficient (Wildman–Crippen LogP) is 3.49. The molecule has 1 aliphatic rings. The molecule has 0 aromatic heterocycles. The van der Waals surface area contributed by atoms with Crippen molar-refractivity contribution in [3.8, 4) is 0 Å². The summed E-state index contributed by atoms with van der Waals surface area (Å²) < 4.78 is 5.68. The number of unbranched alkanes of at least 4 members (excludes halogenated alkanes) is 5. The first-order valence-corrected chi connectivity index (χ1v) is 7.07. The average Bonchev–Trinajstić information content (AvgIpc) is 2.66. The van der Waals surface area contributed by atoms with Crippen LogP contribution in [0.3, 0.4) is 0 Å². The number of ether oxygens (including phenoxy) is 1. The minimum Gasteiger partial charge on any atom is -0.378 e. The van der Waals surface area contributed by atoms with Gasteiger partial charge in [-0.15, -0.1) is 0 Å². The standard InChI is InChI=1S/C14H29NO/c1-3-4-5-6-7-8-9-14(12-15)10-11-16-13(14)2/h13H,3-12,15H2,1-2H3. The molecular formula is C14H29NO. The maximum atomic E-state index is 5.94. The summed E-state index contributed by atoms with van der Waals surface area (Å²) in [6, 6.07) is 0. The Bertz CT molecular complexity index is 184. The molecule has 2 unspecified atom stereocenters. The molecule has 1 saturated heterocycles. The summed E-state index contributed by atoms with van der Waals surface area (Å²) in [6.07, 6.45) is 11.0. The van der Waals surface area contributed by atoms with Gasteiger partial charge in [0.1, 0.15) is 0 Å². The molecule has 2 nitrogen and oxygen atoms in total. The third-order valence-electron chi connectivity index (χ3n) is 4.26. The van der Waals surface area contributed by atoms with Crippen molar-refractivity contribution in [2.75, 3.05) is 13.2 Å². The Hall–Kier alpha value is -0.0800. The number of hydrogen-bond acceptors (Lipinski definition) is 2. The van der Waals surface area contributed by atoms with Crippen LogP contribution in [0.15, 0.2) is 0 Å². The Morgan fingerprint density at radius 3 is 2.44 bits per heavy atom. The second-order valence-corrected chi connectivity index (χ2v) is 5.35. The predicted molar refractivity (Wildman–Crippen MR) is 69.5 cm³/mol. The Labute approximate surface area is 101 Å². The lowest BCUT2D eigenvalue weighted by atomic mass is 9.77. The summed E-state index contributed by atoms with van der Waals surface area (Å²) in [5.41, 5.74) is 6.24. The summed E-state index contributed by atoms with van der Waals surface area (Å²) in [4.78, 5) is 0. The van der Waals surface area contributed by atoms with E-state index in [0.717, 1.165) is 13.2 Å². The Morgan fingerprint density at radius 2 is 1.88 bits per heavy atom. The highest BCUT2D eigenvalue weighted by molar-refractivity contribution is 4.90. The van der Waals surface area contributed by atoms with E-state index in [1.54, 1.807) is 0 Å². The maximum absolute atomic E-state index is 5.94. The van der Waals surface area contributed by atoms with E-state index in [0.29, 0.717) is 11.5 Å². The van der Waals surface area contributed by atoms with E-state index in [2.05, 4.69) is 13.8 Å². The lowest BCUT2D eigenvalue weighted by Crippen LogP contribution is -2.36. The van der Waals surface area contributed by atoms with Crippen molar-refractivity contribution >= 4 is 0 Å². The molecule has 0 radical (unpaired) electrons. The normalized spacial score (nSPS) is 29.8. The van der Waals surface area contributed by atoms with Crippen LogP contribution in [0.25, 0.3) is 0 Å². The van der Waals surface area contributed by atoms with Crippen molar-refractivity contribution in [2.45, 2.75) is 71.3 Å². The molecule has 0 spiro atoms.